The molecule has 0 aromatic heterocycles. The molecule has 1 N–H and O–H groups in total. The molecule has 0 aliphatic carbocycles. The second-order valence-electron chi connectivity index (χ2n) is 3.33. The summed E-state index contributed by atoms with van der Waals surface area (Å²) in [5.41, 5.74) is -0.389. The van der Waals surface area contributed by atoms with Crippen LogP contribution in [0.1, 0.15) is 27.7 Å². The maximum atomic E-state index is 8.91. The van der Waals surface area contributed by atoms with Crippen LogP contribution in [0.5, 0.6) is 0 Å². The minimum absolute atomic E-state index is 0.319. The van der Waals surface area contributed by atoms with E-state index in [1.807, 2.05) is 27.7 Å². The Morgan fingerprint density at radius 3 is 2.09 bits per heavy atom. The SMILES string of the molecule is COC(=[OH+])OC(C)(C)C(C)C. The minimum atomic E-state index is -0.389. The Bertz CT molecular complexity index is 138. The molecule has 0 unspecified atom stereocenters. The predicted molar refractivity (Wildman–Crippen MR) is 44.0 cm³/mol. The van der Waals surface area contributed by atoms with Gasteiger partial charge in [0.1, 0.15) is 7.11 Å². The highest BCUT2D eigenvalue weighted by atomic mass is 16.7. The molecule has 3 nitrogen and oxygen atoms in total. The van der Waals surface area contributed by atoms with Crippen molar-refractivity contribution in [3.8, 4) is 0 Å². The smallest absolute Gasteiger partial charge is 0.336 e. The molecule has 3 heteroatoms. The molecular formula is C8H17O3+. The van der Waals surface area contributed by atoms with Crippen LogP contribution >= 0.6 is 0 Å². The van der Waals surface area contributed by atoms with E-state index in [-0.39, 0.29) is 11.8 Å². The summed E-state index contributed by atoms with van der Waals surface area (Å²) in [6, 6.07) is 0. The van der Waals surface area contributed by atoms with Crippen molar-refractivity contribution in [2.24, 2.45) is 5.92 Å². The normalized spacial score (nSPS) is 11.5. The van der Waals surface area contributed by atoms with E-state index in [2.05, 4.69) is 4.74 Å². The first-order valence-corrected chi connectivity index (χ1v) is 3.69. The van der Waals surface area contributed by atoms with Crippen molar-refractivity contribution < 1.29 is 14.3 Å². The van der Waals surface area contributed by atoms with Crippen LogP contribution in [0.25, 0.3) is 0 Å². The highest BCUT2D eigenvalue weighted by Crippen LogP contribution is 2.20. The summed E-state index contributed by atoms with van der Waals surface area (Å²) >= 11 is 0. The van der Waals surface area contributed by atoms with Crippen molar-refractivity contribution in [1.29, 1.82) is 0 Å². The largest absolute Gasteiger partial charge is 0.712 e. The van der Waals surface area contributed by atoms with Crippen molar-refractivity contribution >= 4 is 6.16 Å². The Labute approximate surface area is 67.7 Å². The number of ether oxygens (including phenoxy) is 2. The minimum Gasteiger partial charge on any atom is -0.336 e. The van der Waals surface area contributed by atoms with Crippen LogP contribution in [0.2, 0.25) is 0 Å². The Hall–Kier alpha value is -0.730. The van der Waals surface area contributed by atoms with E-state index in [4.69, 9.17) is 9.53 Å². The Morgan fingerprint density at radius 2 is 1.82 bits per heavy atom. The van der Waals surface area contributed by atoms with Gasteiger partial charge in [-0.15, -0.1) is 0 Å². The van der Waals surface area contributed by atoms with Crippen LogP contribution < -0.4 is 0 Å². The van der Waals surface area contributed by atoms with E-state index in [0.29, 0.717) is 5.92 Å². The second-order valence-corrected chi connectivity index (χ2v) is 3.33. The van der Waals surface area contributed by atoms with E-state index in [1.165, 1.54) is 7.11 Å². The van der Waals surface area contributed by atoms with Crippen LogP contribution in [0, 0.1) is 5.92 Å². The Kier molecular flexibility index (Phi) is 3.36. The number of rotatable bonds is 2. The molecule has 66 valence electrons. The van der Waals surface area contributed by atoms with Gasteiger partial charge in [-0.25, -0.2) is 0 Å². The van der Waals surface area contributed by atoms with Gasteiger partial charge in [-0.3, -0.25) is 0 Å². The number of hydrogen-bond donors (Lipinski definition) is 0. The van der Waals surface area contributed by atoms with E-state index < -0.39 is 0 Å². The van der Waals surface area contributed by atoms with E-state index in [0.717, 1.165) is 0 Å². The Morgan fingerprint density at radius 1 is 1.36 bits per heavy atom. The molecule has 0 bridgehead atoms. The highest BCUT2D eigenvalue weighted by molar-refractivity contribution is 5.60. The maximum Gasteiger partial charge on any atom is 0.712 e. The predicted octanol–water partition coefficient (Wildman–Crippen LogP) is 1.54. The molecule has 0 spiro atoms. The second kappa shape index (κ2) is 3.60. The molecule has 0 aliphatic rings. The lowest BCUT2D eigenvalue weighted by Crippen LogP contribution is -2.34. The molecule has 0 saturated carbocycles. The van der Waals surface area contributed by atoms with Crippen LogP contribution in [-0.4, -0.2) is 23.7 Å². The number of methoxy groups -OCH3 is 1. The summed E-state index contributed by atoms with van der Waals surface area (Å²) in [7, 11) is 1.37. The van der Waals surface area contributed by atoms with Crippen molar-refractivity contribution in [1.82, 2.24) is 0 Å². The summed E-state index contributed by atoms with van der Waals surface area (Å²) in [6.07, 6.45) is -0.372. The lowest BCUT2D eigenvalue weighted by Gasteiger charge is -2.21. The molecule has 0 atom stereocenters. The van der Waals surface area contributed by atoms with Gasteiger partial charge in [0.2, 0.25) is 0 Å². The summed E-state index contributed by atoms with van der Waals surface area (Å²) in [4.78, 5) is 8.91. The average molecular weight is 161 g/mol. The molecule has 11 heavy (non-hydrogen) atoms. The molecular weight excluding hydrogens is 144 g/mol. The third kappa shape index (κ3) is 3.25. The summed E-state index contributed by atoms with van der Waals surface area (Å²) in [5, 5.41) is 0. The van der Waals surface area contributed by atoms with Crippen molar-refractivity contribution in [3.63, 3.8) is 0 Å². The van der Waals surface area contributed by atoms with Gasteiger partial charge in [-0.05, 0) is 13.8 Å². The van der Waals surface area contributed by atoms with Gasteiger partial charge in [0, 0.05) is 5.92 Å². The molecule has 0 amide bonds. The van der Waals surface area contributed by atoms with Gasteiger partial charge in [-0.1, -0.05) is 13.8 Å². The van der Waals surface area contributed by atoms with Crippen LogP contribution in [0.15, 0.2) is 0 Å². The summed E-state index contributed by atoms with van der Waals surface area (Å²) in [6.45, 7) is 7.83. The molecule has 0 aromatic carbocycles. The third-order valence-corrected chi connectivity index (χ3v) is 1.92. The molecule has 0 fully saturated rings. The van der Waals surface area contributed by atoms with E-state index >= 15 is 0 Å². The van der Waals surface area contributed by atoms with Crippen molar-refractivity contribution in [2.75, 3.05) is 7.11 Å². The van der Waals surface area contributed by atoms with Crippen LogP contribution in [0.3, 0.4) is 0 Å². The van der Waals surface area contributed by atoms with Crippen LogP contribution in [-0.2, 0) is 9.47 Å². The standard InChI is InChI=1S/C8H16O3/c1-6(2)8(3,4)11-7(9)10-5/h6H,1-5H3/p+1. The van der Waals surface area contributed by atoms with Gasteiger partial charge < -0.3 is 14.3 Å². The first kappa shape index (κ1) is 10.3. The Balaban J connectivity index is 4.01. The molecule has 0 radical (unpaired) electrons. The monoisotopic (exact) mass is 161 g/mol. The van der Waals surface area contributed by atoms with E-state index in [9.17, 15) is 0 Å². The fourth-order valence-corrected chi connectivity index (χ4v) is 0.385. The quantitative estimate of drug-likeness (QED) is 0.455. The zero-order valence-corrected chi connectivity index (χ0v) is 7.84. The molecule has 0 heterocycles. The highest BCUT2D eigenvalue weighted by Gasteiger charge is 2.33. The van der Waals surface area contributed by atoms with Gasteiger partial charge in [-0.2, -0.15) is 0 Å². The fourth-order valence-electron chi connectivity index (χ4n) is 0.385. The third-order valence-electron chi connectivity index (χ3n) is 1.92. The van der Waals surface area contributed by atoms with Crippen molar-refractivity contribution in [2.45, 2.75) is 33.3 Å². The zero-order valence-electron chi connectivity index (χ0n) is 7.84. The van der Waals surface area contributed by atoms with Crippen molar-refractivity contribution in [3.05, 3.63) is 0 Å². The number of hydrogen-bond acceptors (Lipinski definition) is 2. The molecule has 0 aromatic rings. The van der Waals surface area contributed by atoms with E-state index in [1.54, 1.807) is 0 Å². The maximum absolute atomic E-state index is 8.91. The van der Waals surface area contributed by atoms with Crippen LogP contribution in [0.4, 0.5) is 0 Å². The van der Waals surface area contributed by atoms with Gasteiger partial charge in [0.15, 0.2) is 5.60 Å². The topological polar surface area (TPSA) is 39.9 Å². The summed E-state index contributed by atoms with van der Waals surface area (Å²) < 4.78 is 9.58. The molecule has 0 saturated heterocycles. The first-order chi connectivity index (χ1) is 4.90. The first-order valence-electron chi connectivity index (χ1n) is 3.69. The van der Waals surface area contributed by atoms with Gasteiger partial charge >= 0.3 is 6.16 Å². The summed E-state index contributed by atoms with van der Waals surface area (Å²) in [5.74, 6) is 0.319. The lowest BCUT2D eigenvalue weighted by molar-refractivity contribution is -0.000250. The average Bonchev–Trinajstić information content (AvgIpc) is 1.86. The van der Waals surface area contributed by atoms with Gasteiger partial charge in [0.05, 0.1) is 0 Å². The van der Waals surface area contributed by atoms with Gasteiger partial charge in [0.25, 0.3) is 0 Å². The lowest BCUT2D eigenvalue weighted by atomic mass is 9.95. The fraction of sp³-hybridized carbons (Fsp3) is 0.875. The molecule has 0 rings (SSSR count). The zero-order chi connectivity index (χ0) is 9.07. The molecule has 0 aliphatic heterocycles. The number of carbonyl (C=O) groups excluding carboxylic acids is 1.